The minimum Gasteiger partial charge on any atom is -0.379 e. The van der Waals surface area contributed by atoms with Gasteiger partial charge in [-0.15, -0.1) is 0 Å². The molecular formula is C24H25FN6O. The van der Waals surface area contributed by atoms with Crippen molar-refractivity contribution in [3.63, 3.8) is 0 Å². The number of hydrogen-bond donors (Lipinski definition) is 1. The minimum absolute atomic E-state index is 0.0418. The first kappa shape index (κ1) is 20.5. The van der Waals surface area contributed by atoms with Gasteiger partial charge in [-0.1, -0.05) is 18.2 Å². The van der Waals surface area contributed by atoms with E-state index in [1.807, 2.05) is 17.6 Å². The Hall–Kier alpha value is -3.36. The van der Waals surface area contributed by atoms with E-state index >= 15 is 0 Å². The number of nitrogens with zero attached hydrogens (tertiary/aromatic N) is 5. The highest BCUT2D eigenvalue weighted by molar-refractivity contribution is 5.77. The smallest absolute Gasteiger partial charge is 0.159 e. The fourth-order valence-electron chi connectivity index (χ4n) is 3.95. The molecule has 1 N–H and O–H groups in total. The number of ether oxygens (including phenoxy) is 1. The van der Waals surface area contributed by atoms with Crippen LogP contribution in [-0.4, -0.2) is 50.7 Å². The van der Waals surface area contributed by atoms with Crippen LogP contribution in [0.1, 0.15) is 24.1 Å². The molecule has 1 atom stereocenters. The Kier molecular flexibility index (Phi) is 5.79. The Balaban J connectivity index is 1.38. The number of morpholine rings is 1. The average molecular weight is 433 g/mol. The second kappa shape index (κ2) is 9.02. The van der Waals surface area contributed by atoms with Crippen LogP contribution in [0.2, 0.25) is 0 Å². The fraction of sp³-hybridized carbons (Fsp3) is 0.292. The second-order valence-electron chi connectivity index (χ2n) is 8.01. The van der Waals surface area contributed by atoms with Gasteiger partial charge in [0.05, 0.1) is 36.6 Å². The number of imidazole rings is 1. The van der Waals surface area contributed by atoms with Crippen molar-refractivity contribution in [1.82, 2.24) is 24.4 Å². The molecule has 0 amide bonds. The van der Waals surface area contributed by atoms with Gasteiger partial charge in [0, 0.05) is 25.7 Å². The Morgan fingerprint density at radius 2 is 1.91 bits per heavy atom. The number of rotatable bonds is 6. The van der Waals surface area contributed by atoms with Crippen molar-refractivity contribution in [2.24, 2.45) is 0 Å². The maximum Gasteiger partial charge on any atom is 0.159 e. The largest absolute Gasteiger partial charge is 0.379 e. The summed E-state index contributed by atoms with van der Waals surface area (Å²) in [6, 6.07) is 12.8. The van der Waals surface area contributed by atoms with Crippen molar-refractivity contribution in [2.75, 3.05) is 31.6 Å². The summed E-state index contributed by atoms with van der Waals surface area (Å²) >= 11 is 0. The molecule has 1 aliphatic heterocycles. The van der Waals surface area contributed by atoms with Crippen LogP contribution in [0.5, 0.6) is 0 Å². The zero-order valence-corrected chi connectivity index (χ0v) is 17.9. The predicted molar refractivity (Wildman–Crippen MR) is 121 cm³/mol. The molecule has 0 bridgehead atoms. The highest BCUT2D eigenvalue weighted by Gasteiger charge is 2.13. The van der Waals surface area contributed by atoms with Crippen LogP contribution in [0.3, 0.4) is 0 Å². The Morgan fingerprint density at radius 1 is 1.09 bits per heavy atom. The summed E-state index contributed by atoms with van der Waals surface area (Å²) in [6.07, 6.45) is 5.19. The predicted octanol–water partition coefficient (Wildman–Crippen LogP) is 3.96. The molecule has 164 valence electrons. The van der Waals surface area contributed by atoms with Crippen molar-refractivity contribution in [3.05, 3.63) is 78.1 Å². The molecule has 0 spiro atoms. The van der Waals surface area contributed by atoms with E-state index in [9.17, 15) is 4.39 Å². The van der Waals surface area contributed by atoms with Gasteiger partial charge in [0.1, 0.15) is 18.0 Å². The van der Waals surface area contributed by atoms with Crippen LogP contribution in [0.25, 0.3) is 16.9 Å². The van der Waals surface area contributed by atoms with E-state index in [1.54, 1.807) is 30.9 Å². The van der Waals surface area contributed by atoms with Crippen molar-refractivity contribution in [3.8, 4) is 5.82 Å². The second-order valence-corrected chi connectivity index (χ2v) is 8.01. The van der Waals surface area contributed by atoms with E-state index in [1.165, 1.54) is 17.7 Å². The van der Waals surface area contributed by atoms with Crippen molar-refractivity contribution in [2.45, 2.75) is 19.5 Å². The molecule has 0 aliphatic carbocycles. The van der Waals surface area contributed by atoms with Crippen LogP contribution in [0.4, 0.5) is 10.2 Å². The molecule has 2 aromatic heterocycles. The molecule has 3 heterocycles. The zero-order chi connectivity index (χ0) is 21.9. The first-order valence-corrected chi connectivity index (χ1v) is 10.8. The monoisotopic (exact) mass is 432 g/mol. The fourth-order valence-corrected chi connectivity index (χ4v) is 3.95. The van der Waals surface area contributed by atoms with Crippen molar-refractivity contribution in [1.29, 1.82) is 0 Å². The third-order valence-corrected chi connectivity index (χ3v) is 5.72. The number of aromatic nitrogens is 4. The first-order chi connectivity index (χ1) is 15.7. The van der Waals surface area contributed by atoms with Crippen LogP contribution >= 0.6 is 0 Å². The van der Waals surface area contributed by atoms with Gasteiger partial charge in [-0.05, 0) is 42.3 Å². The number of hydrogen-bond acceptors (Lipinski definition) is 6. The summed E-state index contributed by atoms with van der Waals surface area (Å²) in [5, 5.41) is 3.35. The van der Waals surface area contributed by atoms with Crippen LogP contribution < -0.4 is 5.32 Å². The van der Waals surface area contributed by atoms with E-state index in [0.717, 1.165) is 49.4 Å². The molecule has 0 radical (unpaired) electrons. The molecule has 5 rings (SSSR count). The summed E-state index contributed by atoms with van der Waals surface area (Å²) in [4.78, 5) is 16.0. The lowest BCUT2D eigenvalue weighted by Crippen LogP contribution is -2.35. The summed E-state index contributed by atoms with van der Waals surface area (Å²) < 4.78 is 20.6. The maximum atomic E-state index is 13.2. The topological polar surface area (TPSA) is 68.1 Å². The van der Waals surface area contributed by atoms with Gasteiger partial charge >= 0.3 is 0 Å². The molecule has 7 nitrogen and oxygen atoms in total. The highest BCUT2D eigenvalue weighted by atomic mass is 19.1. The Labute approximate surface area is 185 Å². The van der Waals surface area contributed by atoms with Gasteiger partial charge in [-0.2, -0.15) is 0 Å². The van der Waals surface area contributed by atoms with Crippen LogP contribution in [0, 0.1) is 5.82 Å². The number of halogens is 1. The molecule has 1 fully saturated rings. The third-order valence-electron chi connectivity index (χ3n) is 5.72. The molecule has 1 saturated heterocycles. The molecule has 1 aliphatic rings. The Morgan fingerprint density at radius 3 is 2.72 bits per heavy atom. The van der Waals surface area contributed by atoms with Crippen molar-refractivity contribution >= 4 is 16.9 Å². The highest BCUT2D eigenvalue weighted by Crippen LogP contribution is 2.22. The van der Waals surface area contributed by atoms with Gasteiger partial charge in [-0.3, -0.25) is 14.5 Å². The maximum absolute atomic E-state index is 13.2. The van der Waals surface area contributed by atoms with E-state index in [2.05, 4.69) is 32.3 Å². The van der Waals surface area contributed by atoms with Gasteiger partial charge in [0.15, 0.2) is 5.82 Å². The SMILES string of the molecule is C[C@H](Nc1cncc(-n2cnc3ccc(CN4CCOCC4)cc32)n1)c1ccc(F)cc1. The lowest BCUT2D eigenvalue weighted by atomic mass is 10.1. The molecular weight excluding hydrogens is 407 g/mol. The number of anilines is 1. The standard InChI is InChI=1S/C24H25FN6O/c1-17(19-3-5-20(25)6-4-19)28-23-13-26-14-24(29-23)31-16-27-21-7-2-18(12-22(21)31)15-30-8-10-32-11-9-30/h2-7,12-14,16-17H,8-11,15H2,1H3,(H,28,29)/t17-/m0/s1. The lowest BCUT2D eigenvalue weighted by molar-refractivity contribution is 0.0342. The Bertz CT molecular complexity index is 1200. The summed E-state index contributed by atoms with van der Waals surface area (Å²) in [7, 11) is 0. The quantitative estimate of drug-likeness (QED) is 0.498. The van der Waals surface area contributed by atoms with E-state index in [0.29, 0.717) is 11.6 Å². The van der Waals surface area contributed by atoms with Crippen molar-refractivity contribution < 1.29 is 9.13 Å². The molecule has 0 unspecified atom stereocenters. The number of benzene rings is 2. The summed E-state index contributed by atoms with van der Waals surface area (Å²) in [5.74, 6) is 1.08. The molecule has 32 heavy (non-hydrogen) atoms. The molecule has 2 aromatic carbocycles. The van der Waals surface area contributed by atoms with Crippen LogP contribution in [-0.2, 0) is 11.3 Å². The zero-order valence-electron chi connectivity index (χ0n) is 17.9. The van der Waals surface area contributed by atoms with E-state index in [-0.39, 0.29) is 11.9 Å². The normalized spacial score (nSPS) is 15.7. The summed E-state index contributed by atoms with van der Waals surface area (Å²) in [6.45, 7) is 6.35. The summed E-state index contributed by atoms with van der Waals surface area (Å²) in [5.41, 5.74) is 4.11. The first-order valence-electron chi connectivity index (χ1n) is 10.8. The molecule has 8 heteroatoms. The van der Waals surface area contributed by atoms with Gasteiger partial charge in [0.25, 0.3) is 0 Å². The average Bonchev–Trinajstić information content (AvgIpc) is 3.24. The van der Waals surface area contributed by atoms with Gasteiger partial charge in [0.2, 0.25) is 0 Å². The van der Waals surface area contributed by atoms with Gasteiger partial charge in [-0.25, -0.2) is 14.4 Å². The van der Waals surface area contributed by atoms with E-state index in [4.69, 9.17) is 9.72 Å². The van der Waals surface area contributed by atoms with Crippen LogP contribution in [0.15, 0.2) is 61.2 Å². The molecule has 4 aromatic rings. The third kappa shape index (κ3) is 4.46. The van der Waals surface area contributed by atoms with Gasteiger partial charge < -0.3 is 10.1 Å². The molecule has 0 saturated carbocycles. The minimum atomic E-state index is -0.247. The number of fused-ring (bicyclic) bond motifs is 1. The van der Waals surface area contributed by atoms with E-state index < -0.39 is 0 Å². The lowest BCUT2D eigenvalue weighted by Gasteiger charge is -2.26. The number of nitrogens with one attached hydrogen (secondary N) is 1.